The molecule has 6 nitrogen and oxygen atoms in total. The van der Waals surface area contributed by atoms with E-state index in [-0.39, 0.29) is 11.2 Å². The largest absolute Gasteiger partial charge is 0.490 e. The van der Waals surface area contributed by atoms with Gasteiger partial charge in [0.2, 0.25) is 5.76 Å². The molecule has 1 unspecified atom stereocenters. The van der Waals surface area contributed by atoms with E-state index in [0.717, 1.165) is 11.1 Å². The molecule has 1 atom stereocenters. The molecule has 0 saturated carbocycles. The highest BCUT2D eigenvalue weighted by molar-refractivity contribution is 5.99. The third-order valence-corrected chi connectivity index (χ3v) is 5.27. The van der Waals surface area contributed by atoms with Crippen LogP contribution in [0.5, 0.6) is 11.5 Å². The molecular weight excluding hydrogens is 382 g/mol. The number of carbonyl (C=O) groups is 1. The SMILES string of the molecule is C=CCOc1ccc(C2NC(=O)c3oc4cc(C)c(C)cc4c(=O)c32)cc1OCC. The Morgan fingerprint density at radius 2 is 1.87 bits per heavy atom. The number of nitrogens with one attached hydrogen (secondary N) is 1. The van der Waals surface area contributed by atoms with Gasteiger partial charge in [-0.05, 0) is 61.7 Å². The third-order valence-electron chi connectivity index (χ3n) is 5.27. The van der Waals surface area contributed by atoms with Gasteiger partial charge in [-0.1, -0.05) is 18.7 Å². The Bertz CT molecular complexity index is 1220. The summed E-state index contributed by atoms with van der Waals surface area (Å²) in [7, 11) is 0. The molecule has 1 aromatic heterocycles. The number of aryl methyl sites for hydroxylation is 2. The van der Waals surface area contributed by atoms with Crippen LogP contribution in [0.15, 0.2) is 52.2 Å². The molecule has 0 bridgehead atoms. The van der Waals surface area contributed by atoms with E-state index in [0.29, 0.717) is 46.8 Å². The smallest absolute Gasteiger partial charge is 0.288 e. The molecule has 1 aliphatic rings. The minimum absolute atomic E-state index is 0.0608. The summed E-state index contributed by atoms with van der Waals surface area (Å²) in [5.41, 5.74) is 3.23. The highest BCUT2D eigenvalue weighted by Crippen LogP contribution is 2.36. The zero-order valence-corrected chi connectivity index (χ0v) is 17.2. The summed E-state index contributed by atoms with van der Waals surface area (Å²) in [5.74, 6) is 0.765. The van der Waals surface area contributed by atoms with Crippen molar-refractivity contribution in [3.05, 3.63) is 81.2 Å². The molecule has 0 saturated heterocycles. The number of rotatable bonds is 6. The Morgan fingerprint density at radius 1 is 1.10 bits per heavy atom. The van der Waals surface area contributed by atoms with Crippen molar-refractivity contribution in [2.24, 2.45) is 0 Å². The molecule has 0 fully saturated rings. The van der Waals surface area contributed by atoms with Crippen molar-refractivity contribution in [2.45, 2.75) is 26.8 Å². The van der Waals surface area contributed by atoms with Gasteiger partial charge in [0.15, 0.2) is 16.9 Å². The summed E-state index contributed by atoms with van der Waals surface area (Å²) < 4.78 is 17.2. The van der Waals surface area contributed by atoms with Crippen LogP contribution in [0.2, 0.25) is 0 Å². The van der Waals surface area contributed by atoms with Crippen molar-refractivity contribution in [1.29, 1.82) is 0 Å². The lowest BCUT2D eigenvalue weighted by Crippen LogP contribution is -2.22. The fourth-order valence-electron chi connectivity index (χ4n) is 3.65. The lowest BCUT2D eigenvalue weighted by molar-refractivity contribution is 0.0938. The van der Waals surface area contributed by atoms with Crippen molar-refractivity contribution in [3.8, 4) is 11.5 Å². The minimum Gasteiger partial charge on any atom is -0.490 e. The number of amides is 1. The molecule has 6 heteroatoms. The van der Waals surface area contributed by atoms with Gasteiger partial charge in [-0.3, -0.25) is 9.59 Å². The molecule has 0 spiro atoms. The van der Waals surface area contributed by atoms with E-state index in [9.17, 15) is 9.59 Å². The quantitative estimate of drug-likeness (QED) is 0.622. The van der Waals surface area contributed by atoms with Gasteiger partial charge in [0.25, 0.3) is 5.91 Å². The van der Waals surface area contributed by atoms with E-state index in [2.05, 4.69) is 11.9 Å². The molecule has 0 aliphatic carbocycles. The van der Waals surface area contributed by atoms with E-state index in [1.165, 1.54) is 0 Å². The Labute approximate surface area is 174 Å². The lowest BCUT2D eigenvalue weighted by atomic mass is 9.98. The van der Waals surface area contributed by atoms with Crippen molar-refractivity contribution in [3.63, 3.8) is 0 Å². The van der Waals surface area contributed by atoms with Gasteiger partial charge >= 0.3 is 0 Å². The fraction of sp³-hybridized carbons (Fsp3) is 0.250. The van der Waals surface area contributed by atoms with Crippen LogP contribution in [-0.4, -0.2) is 19.1 Å². The number of hydrogen-bond acceptors (Lipinski definition) is 5. The highest BCUT2D eigenvalue weighted by atomic mass is 16.5. The number of carbonyl (C=O) groups excluding carboxylic acids is 1. The maximum atomic E-state index is 13.3. The summed E-state index contributed by atoms with van der Waals surface area (Å²) in [5, 5.41) is 3.33. The van der Waals surface area contributed by atoms with Gasteiger partial charge in [0.05, 0.1) is 23.6 Å². The second kappa shape index (κ2) is 7.71. The summed E-state index contributed by atoms with van der Waals surface area (Å²) in [6.45, 7) is 10.2. The third kappa shape index (κ3) is 3.24. The molecule has 1 N–H and O–H groups in total. The Hall–Kier alpha value is -3.54. The van der Waals surface area contributed by atoms with Gasteiger partial charge in [0.1, 0.15) is 12.2 Å². The normalized spacial score (nSPS) is 15.0. The molecule has 1 amide bonds. The standard InChI is InChI=1S/C24H23NO5/c1-5-9-29-17-8-7-15(12-19(17)28-6-2)21-20-22(26)16-10-13(3)14(4)11-18(16)30-23(20)24(27)25-21/h5,7-8,10-12,21H,1,6,9H2,2-4H3,(H,25,27). The molecule has 30 heavy (non-hydrogen) atoms. The Morgan fingerprint density at radius 3 is 2.60 bits per heavy atom. The van der Waals surface area contributed by atoms with Crippen molar-refractivity contribution in [1.82, 2.24) is 5.32 Å². The zero-order valence-electron chi connectivity index (χ0n) is 17.2. The van der Waals surface area contributed by atoms with Gasteiger partial charge in [-0.2, -0.15) is 0 Å². The molecule has 0 radical (unpaired) electrons. The molecule has 3 aromatic rings. The highest BCUT2D eigenvalue weighted by Gasteiger charge is 2.36. The van der Waals surface area contributed by atoms with Crippen LogP contribution in [0, 0.1) is 13.8 Å². The minimum atomic E-state index is -0.623. The molecule has 2 heterocycles. The van der Waals surface area contributed by atoms with E-state index in [4.69, 9.17) is 13.9 Å². The molecule has 4 rings (SSSR count). The van der Waals surface area contributed by atoms with Crippen LogP contribution in [0.1, 0.15) is 45.8 Å². The van der Waals surface area contributed by atoms with Crippen LogP contribution in [0.25, 0.3) is 11.0 Å². The van der Waals surface area contributed by atoms with E-state index >= 15 is 0 Å². The number of benzene rings is 2. The second-order valence-corrected chi connectivity index (χ2v) is 7.25. The van der Waals surface area contributed by atoms with E-state index in [1.54, 1.807) is 24.3 Å². The van der Waals surface area contributed by atoms with E-state index < -0.39 is 11.9 Å². The van der Waals surface area contributed by atoms with Gasteiger partial charge in [-0.25, -0.2) is 0 Å². The first kappa shape index (κ1) is 19.8. The van der Waals surface area contributed by atoms with Crippen molar-refractivity contribution < 1.29 is 18.7 Å². The van der Waals surface area contributed by atoms with Crippen LogP contribution >= 0.6 is 0 Å². The van der Waals surface area contributed by atoms with Crippen molar-refractivity contribution >= 4 is 16.9 Å². The maximum absolute atomic E-state index is 13.3. The number of fused-ring (bicyclic) bond motifs is 2. The first-order valence-corrected chi connectivity index (χ1v) is 9.83. The average Bonchev–Trinajstić information content (AvgIpc) is 3.05. The van der Waals surface area contributed by atoms with Crippen LogP contribution in [0.3, 0.4) is 0 Å². The molecular formula is C24H23NO5. The Balaban J connectivity index is 1.85. The molecule has 154 valence electrons. The monoisotopic (exact) mass is 405 g/mol. The lowest BCUT2D eigenvalue weighted by Gasteiger charge is -2.16. The van der Waals surface area contributed by atoms with Crippen LogP contribution in [-0.2, 0) is 0 Å². The molecule has 2 aromatic carbocycles. The van der Waals surface area contributed by atoms with Gasteiger partial charge in [-0.15, -0.1) is 0 Å². The Kier molecular flexibility index (Phi) is 5.08. The van der Waals surface area contributed by atoms with Gasteiger partial charge < -0.3 is 19.2 Å². The second-order valence-electron chi connectivity index (χ2n) is 7.25. The van der Waals surface area contributed by atoms with Crippen molar-refractivity contribution in [2.75, 3.05) is 13.2 Å². The summed E-state index contributed by atoms with van der Waals surface area (Å²) >= 11 is 0. The summed E-state index contributed by atoms with van der Waals surface area (Å²) in [6.07, 6.45) is 1.65. The summed E-state index contributed by atoms with van der Waals surface area (Å²) in [4.78, 5) is 25.9. The number of hydrogen-bond donors (Lipinski definition) is 1. The number of ether oxygens (including phenoxy) is 2. The first-order chi connectivity index (χ1) is 14.4. The molecule has 1 aliphatic heterocycles. The van der Waals surface area contributed by atoms with E-state index in [1.807, 2.05) is 32.9 Å². The first-order valence-electron chi connectivity index (χ1n) is 9.83. The topological polar surface area (TPSA) is 77.8 Å². The maximum Gasteiger partial charge on any atom is 0.288 e. The van der Waals surface area contributed by atoms with Crippen LogP contribution in [0.4, 0.5) is 0 Å². The summed E-state index contributed by atoms with van der Waals surface area (Å²) in [6, 6.07) is 8.35. The average molecular weight is 405 g/mol. The van der Waals surface area contributed by atoms with Crippen LogP contribution < -0.4 is 20.2 Å². The fourth-order valence-corrected chi connectivity index (χ4v) is 3.65. The predicted octanol–water partition coefficient (Wildman–Crippen LogP) is 4.21. The predicted molar refractivity (Wildman–Crippen MR) is 115 cm³/mol. The van der Waals surface area contributed by atoms with Gasteiger partial charge in [0, 0.05) is 0 Å². The zero-order chi connectivity index (χ0) is 21.4.